The Hall–Kier alpha value is -2.76. The zero-order valence-corrected chi connectivity index (χ0v) is 16.0. The number of carbonyl (C=O) groups excluding carboxylic acids is 1. The van der Waals surface area contributed by atoms with Gasteiger partial charge in [0.25, 0.3) is 0 Å². The van der Waals surface area contributed by atoms with Crippen molar-refractivity contribution in [2.45, 2.75) is 6.42 Å². The number of methoxy groups -OCH3 is 2. The molecular weight excluding hydrogens is 366 g/mol. The molecule has 27 heavy (non-hydrogen) atoms. The highest BCUT2D eigenvalue weighted by atomic mass is 32.1. The second kappa shape index (κ2) is 7.86. The molecule has 0 aliphatic carbocycles. The van der Waals surface area contributed by atoms with E-state index >= 15 is 0 Å². The summed E-state index contributed by atoms with van der Waals surface area (Å²) in [5.74, 6) is 0.162. The van der Waals surface area contributed by atoms with Gasteiger partial charge in [0.2, 0.25) is 0 Å². The van der Waals surface area contributed by atoms with Crippen LogP contribution in [-0.2, 0) is 4.74 Å². The van der Waals surface area contributed by atoms with Gasteiger partial charge in [-0.05, 0) is 30.2 Å². The van der Waals surface area contributed by atoms with Crippen molar-refractivity contribution in [2.75, 3.05) is 44.5 Å². The predicted molar refractivity (Wildman–Crippen MR) is 104 cm³/mol. The number of hydrogen-bond acceptors (Lipinski definition) is 8. The van der Waals surface area contributed by atoms with Crippen molar-refractivity contribution in [2.24, 2.45) is 5.92 Å². The summed E-state index contributed by atoms with van der Waals surface area (Å²) in [4.78, 5) is 15.2. The van der Waals surface area contributed by atoms with Gasteiger partial charge in [-0.25, -0.2) is 4.79 Å². The van der Waals surface area contributed by atoms with Crippen molar-refractivity contribution in [1.29, 1.82) is 5.26 Å². The molecule has 1 fully saturated rings. The molecule has 0 radical (unpaired) electrons. The third kappa shape index (κ3) is 3.44. The first kappa shape index (κ1) is 19.0. The van der Waals surface area contributed by atoms with E-state index in [2.05, 4.69) is 11.0 Å². The van der Waals surface area contributed by atoms with Crippen LogP contribution in [0.2, 0.25) is 0 Å². The Balaban J connectivity index is 2.10. The maximum atomic E-state index is 12.4. The zero-order chi connectivity index (χ0) is 19.6. The van der Waals surface area contributed by atoms with Gasteiger partial charge in [-0.15, -0.1) is 11.3 Å². The molecule has 0 bridgehead atoms. The molecule has 1 aliphatic heterocycles. The molecule has 1 aromatic carbocycles. The molecule has 2 heterocycles. The van der Waals surface area contributed by atoms with Crippen molar-refractivity contribution in [3.05, 3.63) is 29.3 Å². The normalized spacial score (nSPS) is 16.2. The summed E-state index contributed by atoms with van der Waals surface area (Å²) in [6.07, 6.45) is 0.853. The SMILES string of the molecule is COC(=O)c1c(N2CC[C@H](CO)C2)sc(-c2ccc(OC)c(C#N)c2)c1N. The molecule has 1 saturated heterocycles. The molecule has 7 nitrogen and oxygen atoms in total. The number of nitriles is 1. The van der Waals surface area contributed by atoms with Crippen molar-refractivity contribution >= 4 is 28.0 Å². The Labute approximate surface area is 161 Å². The molecule has 0 amide bonds. The molecule has 3 N–H and O–H groups in total. The first-order valence-electron chi connectivity index (χ1n) is 8.48. The lowest BCUT2D eigenvalue weighted by atomic mass is 10.1. The number of rotatable bonds is 5. The molecule has 8 heteroatoms. The van der Waals surface area contributed by atoms with Crippen molar-refractivity contribution in [1.82, 2.24) is 0 Å². The van der Waals surface area contributed by atoms with E-state index in [0.717, 1.165) is 23.5 Å². The summed E-state index contributed by atoms with van der Waals surface area (Å²) in [6.45, 7) is 1.51. The van der Waals surface area contributed by atoms with Gasteiger partial charge in [-0.2, -0.15) is 5.26 Å². The van der Waals surface area contributed by atoms with Crippen LogP contribution in [0.25, 0.3) is 10.4 Å². The summed E-state index contributed by atoms with van der Waals surface area (Å²) in [5.41, 5.74) is 8.14. The fourth-order valence-corrected chi connectivity index (χ4v) is 4.51. The minimum Gasteiger partial charge on any atom is -0.495 e. The number of nitrogens with two attached hydrogens (primary N) is 1. The van der Waals surface area contributed by atoms with Crippen LogP contribution in [0, 0.1) is 17.2 Å². The average Bonchev–Trinajstić information content (AvgIpc) is 3.31. The van der Waals surface area contributed by atoms with Gasteiger partial charge in [0, 0.05) is 25.6 Å². The van der Waals surface area contributed by atoms with Crippen LogP contribution in [0.4, 0.5) is 10.7 Å². The molecule has 0 saturated carbocycles. The highest BCUT2D eigenvalue weighted by molar-refractivity contribution is 7.20. The molecule has 1 aromatic heterocycles. The second-order valence-corrected chi connectivity index (χ2v) is 7.33. The molecule has 142 valence electrons. The molecular formula is C19H21N3O4S. The van der Waals surface area contributed by atoms with Crippen LogP contribution in [-0.4, -0.2) is 45.0 Å². The topological polar surface area (TPSA) is 109 Å². The van der Waals surface area contributed by atoms with Crippen molar-refractivity contribution in [3.8, 4) is 22.3 Å². The fraction of sp³-hybridized carbons (Fsp3) is 0.368. The Bertz CT molecular complexity index is 903. The Morgan fingerprint density at radius 1 is 1.48 bits per heavy atom. The average molecular weight is 387 g/mol. The minimum atomic E-state index is -0.494. The van der Waals surface area contributed by atoms with E-state index in [-0.39, 0.29) is 12.5 Å². The molecule has 1 atom stereocenters. The minimum absolute atomic E-state index is 0.113. The lowest BCUT2D eigenvalue weighted by Crippen LogP contribution is -2.22. The van der Waals surface area contributed by atoms with Crippen LogP contribution in [0.15, 0.2) is 18.2 Å². The molecule has 1 aliphatic rings. The van der Waals surface area contributed by atoms with Crippen LogP contribution in [0.1, 0.15) is 22.3 Å². The Morgan fingerprint density at radius 2 is 2.26 bits per heavy atom. The second-order valence-electron chi connectivity index (χ2n) is 6.33. The van der Waals surface area contributed by atoms with Gasteiger partial charge >= 0.3 is 5.97 Å². The van der Waals surface area contributed by atoms with E-state index in [1.165, 1.54) is 25.6 Å². The number of ether oxygens (including phenoxy) is 2. The van der Waals surface area contributed by atoms with E-state index in [1.807, 2.05) is 6.07 Å². The number of aliphatic hydroxyl groups excluding tert-OH is 1. The van der Waals surface area contributed by atoms with E-state index in [1.54, 1.807) is 12.1 Å². The molecule has 3 rings (SSSR count). The van der Waals surface area contributed by atoms with Crippen LogP contribution >= 0.6 is 11.3 Å². The highest BCUT2D eigenvalue weighted by Gasteiger charge is 2.31. The third-order valence-corrected chi connectivity index (χ3v) is 6.04. The van der Waals surface area contributed by atoms with Crippen LogP contribution in [0.5, 0.6) is 5.75 Å². The van der Waals surface area contributed by atoms with E-state index in [0.29, 0.717) is 34.0 Å². The van der Waals surface area contributed by atoms with Gasteiger partial charge in [-0.1, -0.05) is 0 Å². The maximum absolute atomic E-state index is 12.4. The molecule has 0 unspecified atom stereocenters. The Morgan fingerprint density at radius 3 is 2.85 bits per heavy atom. The van der Waals surface area contributed by atoms with Gasteiger partial charge in [-0.3, -0.25) is 0 Å². The Kier molecular flexibility index (Phi) is 5.54. The number of carbonyl (C=O) groups is 1. The van der Waals surface area contributed by atoms with E-state index in [9.17, 15) is 15.2 Å². The van der Waals surface area contributed by atoms with Crippen molar-refractivity contribution < 1.29 is 19.4 Å². The van der Waals surface area contributed by atoms with Crippen LogP contribution < -0.4 is 15.4 Å². The predicted octanol–water partition coefficient (Wildman–Crippen LogP) is 2.48. The number of esters is 1. The summed E-state index contributed by atoms with van der Waals surface area (Å²) in [5, 5.41) is 19.5. The summed E-state index contributed by atoms with van der Waals surface area (Å²) in [6, 6.07) is 7.33. The first-order chi connectivity index (χ1) is 13.0. The van der Waals surface area contributed by atoms with Gasteiger partial charge in [0.1, 0.15) is 22.4 Å². The maximum Gasteiger partial charge on any atom is 0.343 e. The number of aliphatic hydroxyl groups is 1. The summed E-state index contributed by atoms with van der Waals surface area (Å²) >= 11 is 1.39. The summed E-state index contributed by atoms with van der Waals surface area (Å²) < 4.78 is 10.1. The number of hydrogen-bond donors (Lipinski definition) is 2. The number of anilines is 2. The van der Waals surface area contributed by atoms with Gasteiger partial charge in [0.15, 0.2) is 0 Å². The van der Waals surface area contributed by atoms with Gasteiger partial charge < -0.3 is 25.2 Å². The first-order valence-corrected chi connectivity index (χ1v) is 9.30. The number of nitrogens with zero attached hydrogens (tertiary/aromatic N) is 2. The van der Waals surface area contributed by atoms with E-state index in [4.69, 9.17) is 15.2 Å². The molecule has 2 aromatic rings. The standard InChI is InChI=1S/C19H21N3O4S/c1-25-14-4-3-12(7-13(14)8-20)17-16(21)15(19(24)26-2)18(27-17)22-6-5-11(9-22)10-23/h3-4,7,11,23H,5-6,9-10,21H2,1-2H3/t11-/m0/s1. The lowest BCUT2D eigenvalue weighted by molar-refractivity contribution is 0.0603. The number of thiophene rings is 1. The largest absolute Gasteiger partial charge is 0.495 e. The van der Waals surface area contributed by atoms with Crippen molar-refractivity contribution in [3.63, 3.8) is 0 Å². The number of benzene rings is 1. The van der Waals surface area contributed by atoms with Gasteiger partial charge in [0.05, 0.1) is 30.3 Å². The third-order valence-electron chi connectivity index (χ3n) is 4.73. The lowest BCUT2D eigenvalue weighted by Gasteiger charge is -2.17. The highest BCUT2D eigenvalue weighted by Crippen LogP contribution is 2.46. The van der Waals surface area contributed by atoms with Crippen LogP contribution in [0.3, 0.4) is 0 Å². The summed E-state index contributed by atoms with van der Waals surface area (Å²) in [7, 11) is 2.83. The zero-order valence-electron chi connectivity index (χ0n) is 15.2. The quantitative estimate of drug-likeness (QED) is 0.759. The fourth-order valence-electron chi connectivity index (χ4n) is 3.27. The smallest absolute Gasteiger partial charge is 0.343 e. The van der Waals surface area contributed by atoms with E-state index < -0.39 is 5.97 Å². The number of nitrogen functional groups attached to an aromatic ring is 1. The molecule has 0 spiro atoms. The monoisotopic (exact) mass is 387 g/mol.